The number of hydrogen-bond acceptors (Lipinski definition) is 5. The first-order chi connectivity index (χ1) is 15.7. The van der Waals surface area contributed by atoms with E-state index in [2.05, 4.69) is 27.8 Å². The number of fused-ring (bicyclic) bond motifs is 3. The Labute approximate surface area is 197 Å². The molecule has 0 spiro atoms. The molecule has 0 bridgehead atoms. The highest BCUT2D eigenvalue weighted by Crippen LogP contribution is 2.39. The van der Waals surface area contributed by atoms with Crippen LogP contribution in [-0.4, -0.2) is 64.0 Å². The van der Waals surface area contributed by atoms with E-state index >= 15 is 0 Å². The second kappa shape index (κ2) is 9.84. The first kappa shape index (κ1) is 24.3. The summed E-state index contributed by atoms with van der Waals surface area (Å²) in [5.41, 5.74) is 3.61. The fraction of sp³-hybridized carbons (Fsp3) is 0.500. The number of rotatable bonds is 8. The number of nitrogens with zero attached hydrogens (tertiary/aromatic N) is 2. The fourth-order valence-corrected chi connectivity index (χ4v) is 7.23. The van der Waals surface area contributed by atoms with E-state index in [4.69, 9.17) is 0 Å². The maximum atomic E-state index is 13.7. The smallest absolute Gasteiger partial charge is 0.243 e. The van der Waals surface area contributed by atoms with Crippen molar-refractivity contribution < 1.29 is 16.8 Å². The predicted octanol–water partition coefficient (Wildman–Crippen LogP) is 2.69. The van der Waals surface area contributed by atoms with Gasteiger partial charge in [-0.1, -0.05) is 42.0 Å². The van der Waals surface area contributed by atoms with Crippen molar-refractivity contribution in [3.05, 3.63) is 65.2 Å². The van der Waals surface area contributed by atoms with Crippen molar-refractivity contribution in [1.82, 2.24) is 13.9 Å². The minimum atomic E-state index is -3.78. The van der Waals surface area contributed by atoms with E-state index in [1.165, 1.54) is 15.4 Å². The van der Waals surface area contributed by atoms with E-state index in [-0.39, 0.29) is 35.8 Å². The van der Waals surface area contributed by atoms with Crippen LogP contribution in [0.5, 0.6) is 0 Å². The minimum absolute atomic E-state index is 0.0328. The molecule has 2 aromatic rings. The number of aryl methyl sites for hydroxylation is 1. The highest BCUT2D eigenvalue weighted by molar-refractivity contribution is 7.89. The van der Waals surface area contributed by atoms with E-state index in [9.17, 15) is 16.8 Å². The largest absolute Gasteiger partial charge is 0.296 e. The molecule has 0 saturated carbocycles. The molecule has 1 saturated heterocycles. The number of nitrogens with one attached hydrogen (secondary N) is 1. The monoisotopic (exact) mass is 491 g/mol. The van der Waals surface area contributed by atoms with Gasteiger partial charge in [0.25, 0.3) is 0 Å². The van der Waals surface area contributed by atoms with Crippen molar-refractivity contribution in [3.63, 3.8) is 0 Å². The van der Waals surface area contributed by atoms with Crippen LogP contribution >= 0.6 is 0 Å². The van der Waals surface area contributed by atoms with Gasteiger partial charge >= 0.3 is 0 Å². The second-order valence-corrected chi connectivity index (χ2v) is 12.9. The Morgan fingerprint density at radius 3 is 2.48 bits per heavy atom. The Balaban J connectivity index is 1.62. The van der Waals surface area contributed by atoms with Gasteiger partial charge in [0.15, 0.2) is 0 Å². The average Bonchev–Trinajstić information content (AvgIpc) is 2.81. The second-order valence-electron chi connectivity index (χ2n) is 8.91. The molecule has 2 aliphatic rings. The summed E-state index contributed by atoms with van der Waals surface area (Å²) < 4.78 is 55.4. The molecule has 33 heavy (non-hydrogen) atoms. The van der Waals surface area contributed by atoms with Crippen LogP contribution in [0.25, 0.3) is 0 Å². The molecule has 7 nitrogen and oxygen atoms in total. The predicted molar refractivity (Wildman–Crippen MR) is 130 cm³/mol. The molecule has 0 unspecified atom stereocenters. The molecule has 1 N–H and O–H groups in total. The third-order valence-corrected chi connectivity index (χ3v) is 10.2. The molecule has 4 rings (SSSR count). The van der Waals surface area contributed by atoms with Crippen molar-refractivity contribution in [1.29, 1.82) is 0 Å². The first-order valence-corrected chi connectivity index (χ1v) is 14.7. The normalized spacial score (nSPS) is 21.5. The lowest BCUT2D eigenvalue weighted by molar-refractivity contribution is 0.0911. The van der Waals surface area contributed by atoms with Crippen molar-refractivity contribution in [2.24, 2.45) is 0 Å². The zero-order chi connectivity index (χ0) is 23.6. The molecule has 0 radical (unpaired) electrons. The quantitative estimate of drug-likeness (QED) is 0.614. The van der Waals surface area contributed by atoms with Gasteiger partial charge in [0, 0.05) is 38.3 Å². The standard InChI is InChI=1S/C24H33N3O4S2/c1-3-32(28,29)25-14-17-27(33(30,31)22-10-8-19(2)9-11-22)21-13-16-26-15-12-20-6-4-5-7-23(20)24(26)18-21/h4-11,21,24-25H,3,12-18H2,1-2H3/t21-,24+/m1/s1. The van der Waals surface area contributed by atoms with E-state index in [1.54, 1.807) is 31.2 Å². The van der Waals surface area contributed by atoms with Crippen LogP contribution in [0.4, 0.5) is 0 Å². The number of sulfonamides is 2. The molecule has 2 heterocycles. The van der Waals surface area contributed by atoms with Gasteiger partial charge in [0.2, 0.25) is 20.0 Å². The van der Waals surface area contributed by atoms with E-state index in [0.717, 1.165) is 31.5 Å². The zero-order valence-corrected chi connectivity index (χ0v) is 20.9. The molecule has 180 valence electrons. The molecule has 9 heteroatoms. The van der Waals surface area contributed by atoms with Gasteiger partial charge < -0.3 is 0 Å². The van der Waals surface area contributed by atoms with Crippen LogP contribution < -0.4 is 4.72 Å². The van der Waals surface area contributed by atoms with Crippen molar-refractivity contribution in [2.45, 2.75) is 50.1 Å². The summed E-state index contributed by atoms with van der Waals surface area (Å²) in [5.74, 6) is -0.0328. The molecule has 0 aliphatic carbocycles. The lowest BCUT2D eigenvalue weighted by Crippen LogP contribution is -2.51. The van der Waals surface area contributed by atoms with Gasteiger partial charge in [0.1, 0.15) is 0 Å². The van der Waals surface area contributed by atoms with Gasteiger partial charge in [-0.3, -0.25) is 4.90 Å². The van der Waals surface area contributed by atoms with Crippen molar-refractivity contribution in [3.8, 4) is 0 Å². The highest BCUT2D eigenvalue weighted by atomic mass is 32.2. The van der Waals surface area contributed by atoms with Gasteiger partial charge in [0.05, 0.1) is 10.6 Å². The molecular formula is C24H33N3O4S2. The summed E-state index contributed by atoms with van der Waals surface area (Å²) in [5, 5.41) is 0. The summed E-state index contributed by atoms with van der Waals surface area (Å²) in [6, 6.07) is 15.3. The van der Waals surface area contributed by atoms with Gasteiger partial charge in [-0.2, -0.15) is 4.31 Å². The molecule has 1 fully saturated rings. The molecular weight excluding hydrogens is 458 g/mol. The van der Waals surface area contributed by atoms with Gasteiger partial charge in [-0.15, -0.1) is 0 Å². The summed E-state index contributed by atoms with van der Waals surface area (Å²) in [4.78, 5) is 2.70. The zero-order valence-electron chi connectivity index (χ0n) is 19.3. The molecule has 0 amide bonds. The Morgan fingerprint density at radius 2 is 1.76 bits per heavy atom. The molecule has 2 aromatic carbocycles. The Morgan fingerprint density at radius 1 is 1.03 bits per heavy atom. The van der Waals surface area contributed by atoms with Crippen LogP contribution in [-0.2, 0) is 26.5 Å². The van der Waals surface area contributed by atoms with Crippen LogP contribution in [0.2, 0.25) is 0 Å². The van der Waals surface area contributed by atoms with E-state index in [1.807, 2.05) is 13.0 Å². The molecule has 2 aliphatic heterocycles. The molecule has 0 aromatic heterocycles. The van der Waals surface area contributed by atoms with E-state index in [0.29, 0.717) is 6.42 Å². The first-order valence-electron chi connectivity index (χ1n) is 11.6. The van der Waals surface area contributed by atoms with Crippen LogP contribution in [0.1, 0.15) is 42.5 Å². The van der Waals surface area contributed by atoms with Crippen LogP contribution in [0.3, 0.4) is 0 Å². The number of benzene rings is 2. The lowest BCUT2D eigenvalue weighted by Gasteiger charge is -2.46. The fourth-order valence-electron chi connectivity index (χ4n) is 4.96. The third-order valence-electron chi connectivity index (χ3n) is 6.84. The Hall–Kier alpha value is -1.78. The highest BCUT2D eigenvalue weighted by Gasteiger charge is 2.39. The summed E-state index contributed by atoms with van der Waals surface area (Å²) in [6.45, 7) is 5.46. The minimum Gasteiger partial charge on any atom is -0.296 e. The maximum Gasteiger partial charge on any atom is 0.243 e. The topological polar surface area (TPSA) is 86.8 Å². The SMILES string of the molecule is CCS(=O)(=O)NCCN([C@@H]1CCN2CCc3ccccc3[C@@H]2C1)S(=O)(=O)c1ccc(C)cc1. The van der Waals surface area contributed by atoms with Crippen LogP contribution in [0, 0.1) is 6.92 Å². The Bertz CT molecular complexity index is 1180. The Kier molecular flexibility index (Phi) is 7.26. The van der Waals surface area contributed by atoms with Crippen molar-refractivity contribution in [2.75, 3.05) is 31.9 Å². The number of piperidine rings is 1. The van der Waals surface area contributed by atoms with E-state index < -0.39 is 20.0 Å². The molecule has 2 atom stereocenters. The van der Waals surface area contributed by atoms with Crippen LogP contribution in [0.15, 0.2) is 53.4 Å². The lowest BCUT2D eigenvalue weighted by atomic mass is 9.85. The number of hydrogen-bond donors (Lipinski definition) is 1. The average molecular weight is 492 g/mol. The summed E-state index contributed by atoms with van der Waals surface area (Å²) in [7, 11) is -7.18. The van der Waals surface area contributed by atoms with Gasteiger partial charge in [-0.05, 0) is 56.4 Å². The van der Waals surface area contributed by atoms with Gasteiger partial charge in [-0.25, -0.2) is 21.6 Å². The summed E-state index contributed by atoms with van der Waals surface area (Å²) >= 11 is 0. The van der Waals surface area contributed by atoms with Crippen molar-refractivity contribution >= 4 is 20.0 Å². The third kappa shape index (κ3) is 5.33. The summed E-state index contributed by atoms with van der Waals surface area (Å²) in [6.07, 6.45) is 2.44. The maximum absolute atomic E-state index is 13.7.